The number of ketones is 1. The second-order valence-electron chi connectivity index (χ2n) is 4.97. The van der Waals surface area contributed by atoms with Crippen LogP contribution in [0, 0.1) is 0 Å². The Balaban J connectivity index is 1.92. The summed E-state index contributed by atoms with van der Waals surface area (Å²) < 4.78 is 0. The van der Waals surface area contributed by atoms with Crippen molar-refractivity contribution in [2.75, 3.05) is 13.1 Å². The van der Waals surface area contributed by atoms with Gasteiger partial charge in [0.05, 0.1) is 5.69 Å². The van der Waals surface area contributed by atoms with Gasteiger partial charge in [-0.1, -0.05) is 18.3 Å². The molecule has 1 aromatic heterocycles. The van der Waals surface area contributed by atoms with Crippen LogP contribution in [-0.2, 0) is 17.8 Å². The van der Waals surface area contributed by atoms with Gasteiger partial charge in [0, 0.05) is 43.8 Å². The number of guanidine groups is 1. The van der Waals surface area contributed by atoms with Gasteiger partial charge in [0.25, 0.3) is 0 Å². The summed E-state index contributed by atoms with van der Waals surface area (Å²) in [6, 6.07) is 0. The molecule has 2 rings (SSSR count). The number of fused-ring (bicyclic) bond motifs is 1. The van der Waals surface area contributed by atoms with Crippen LogP contribution in [0.2, 0.25) is 0 Å². The average molecular weight is 295 g/mol. The van der Waals surface area contributed by atoms with Crippen molar-refractivity contribution in [2.24, 2.45) is 16.5 Å². The van der Waals surface area contributed by atoms with Crippen LogP contribution < -0.4 is 11.5 Å². The van der Waals surface area contributed by atoms with Gasteiger partial charge in [0.15, 0.2) is 5.96 Å². The molecule has 0 aromatic carbocycles. The average Bonchev–Trinajstić information content (AvgIpc) is 2.77. The third kappa shape index (κ3) is 4.01. The van der Waals surface area contributed by atoms with E-state index >= 15 is 0 Å². The number of nitrogens with zero attached hydrogens (tertiary/aromatic N) is 3. The molecule has 1 aliphatic rings. The van der Waals surface area contributed by atoms with Gasteiger partial charge < -0.3 is 11.5 Å². The first-order chi connectivity index (χ1) is 9.58. The molecule has 0 bridgehead atoms. The number of carbonyl (C=O) groups is 1. The molecule has 0 saturated carbocycles. The molecule has 6 nitrogen and oxygen atoms in total. The van der Waals surface area contributed by atoms with Crippen LogP contribution in [0.4, 0.5) is 5.13 Å². The Morgan fingerprint density at radius 1 is 1.45 bits per heavy atom. The minimum Gasteiger partial charge on any atom is -0.370 e. The highest BCUT2D eigenvalue weighted by molar-refractivity contribution is 7.15. The maximum atomic E-state index is 11.6. The summed E-state index contributed by atoms with van der Waals surface area (Å²) in [5.74, 6) is 0.391. The number of nitrogens with two attached hydrogens (primary N) is 2. The Morgan fingerprint density at radius 2 is 2.25 bits per heavy atom. The third-order valence-corrected chi connectivity index (χ3v) is 4.24. The Hall–Kier alpha value is -1.47. The first kappa shape index (κ1) is 14.9. The summed E-state index contributed by atoms with van der Waals surface area (Å²) in [6.07, 6.45) is 3.16. The summed E-state index contributed by atoms with van der Waals surface area (Å²) in [7, 11) is 0. The van der Waals surface area contributed by atoms with Crippen molar-refractivity contribution in [3.05, 3.63) is 10.6 Å². The largest absolute Gasteiger partial charge is 0.370 e. The third-order valence-electron chi connectivity index (χ3n) is 3.26. The van der Waals surface area contributed by atoms with Gasteiger partial charge in [0.2, 0.25) is 5.13 Å². The number of carbonyl (C=O) groups excluding carboxylic acids is 1. The zero-order chi connectivity index (χ0) is 14.5. The lowest BCUT2D eigenvalue weighted by atomic mass is 10.1. The smallest absolute Gasteiger partial charge is 0.212 e. The van der Waals surface area contributed by atoms with E-state index in [-0.39, 0.29) is 5.96 Å². The summed E-state index contributed by atoms with van der Waals surface area (Å²) in [4.78, 5) is 23.5. The lowest BCUT2D eigenvalue weighted by Crippen LogP contribution is -2.31. The van der Waals surface area contributed by atoms with Crippen LogP contribution in [0.3, 0.4) is 0 Å². The minimum atomic E-state index is 0.0399. The van der Waals surface area contributed by atoms with E-state index in [0.29, 0.717) is 23.8 Å². The Morgan fingerprint density at radius 3 is 2.95 bits per heavy atom. The number of hydrogen-bond acceptors (Lipinski definition) is 5. The SMILES string of the molecule is CCCC(=O)CCN1CCc2nc(N=C(N)N)sc2C1. The first-order valence-corrected chi connectivity index (χ1v) is 7.72. The summed E-state index contributed by atoms with van der Waals surface area (Å²) >= 11 is 1.53. The van der Waals surface area contributed by atoms with Crippen LogP contribution in [-0.4, -0.2) is 34.7 Å². The highest BCUT2D eigenvalue weighted by Crippen LogP contribution is 2.29. The van der Waals surface area contributed by atoms with Gasteiger partial charge in [-0.2, -0.15) is 4.99 Å². The van der Waals surface area contributed by atoms with Crippen LogP contribution in [0.25, 0.3) is 0 Å². The van der Waals surface area contributed by atoms with Gasteiger partial charge in [-0.05, 0) is 6.42 Å². The van der Waals surface area contributed by atoms with Gasteiger partial charge >= 0.3 is 0 Å². The number of aromatic nitrogens is 1. The maximum absolute atomic E-state index is 11.6. The molecule has 0 spiro atoms. The standard InChI is InChI=1S/C13H21N5OS/c1-2-3-9(19)4-6-18-7-5-10-11(8-18)20-13(16-10)17-12(14)15/h2-8H2,1H3,(H4,14,15,16,17). The van der Waals surface area contributed by atoms with Crippen molar-refractivity contribution >= 4 is 28.2 Å². The topological polar surface area (TPSA) is 97.6 Å². The van der Waals surface area contributed by atoms with E-state index in [9.17, 15) is 4.79 Å². The maximum Gasteiger partial charge on any atom is 0.212 e. The first-order valence-electron chi connectivity index (χ1n) is 6.90. The van der Waals surface area contributed by atoms with E-state index in [1.807, 2.05) is 6.92 Å². The van der Waals surface area contributed by atoms with Crippen molar-refractivity contribution in [2.45, 2.75) is 39.2 Å². The van der Waals surface area contributed by atoms with E-state index in [2.05, 4.69) is 14.9 Å². The molecule has 2 heterocycles. The lowest BCUT2D eigenvalue weighted by molar-refractivity contribution is -0.119. The van der Waals surface area contributed by atoms with Crippen molar-refractivity contribution in [3.63, 3.8) is 0 Å². The van der Waals surface area contributed by atoms with Crippen LogP contribution >= 0.6 is 11.3 Å². The normalized spacial score (nSPS) is 14.8. The van der Waals surface area contributed by atoms with Crippen LogP contribution in [0.5, 0.6) is 0 Å². The van der Waals surface area contributed by atoms with Crippen molar-refractivity contribution in [1.82, 2.24) is 9.88 Å². The second-order valence-corrected chi connectivity index (χ2v) is 6.03. The van der Waals surface area contributed by atoms with E-state index in [0.717, 1.165) is 38.2 Å². The quantitative estimate of drug-likeness (QED) is 0.606. The summed E-state index contributed by atoms with van der Waals surface area (Å²) in [5.41, 5.74) is 11.8. The molecular formula is C13H21N5OS. The molecule has 0 aliphatic carbocycles. The van der Waals surface area contributed by atoms with Crippen LogP contribution in [0.15, 0.2) is 4.99 Å². The number of Topliss-reactive ketones (excluding diaryl/α,β-unsaturated/α-hetero) is 1. The zero-order valence-corrected chi connectivity index (χ0v) is 12.6. The van der Waals surface area contributed by atoms with Crippen molar-refractivity contribution in [1.29, 1.82) is 0 Å². The number of hydrogen-bond donors (Lipinski definition) is 2. The van der Waals surface area contributed by atoms with Crippen LogP contribution in [0.1, 0.15) is 36.8 Å². The number of rotatable bonds is 6. The molecule has 1 aromatic rings. The van der Waals surface area contributed by atoms with Crippen molar-refractivity contribution in [3.8, 4) is 0 Å². The molecule has 1 aliphatic heterocycles. The Kier molecular flexibility index (Phi) is 5.08. The fraction of sp³-hybridized carbons (Fsp3) is 0.615. The highest BCUT2D eigenvalue weighted by Gasteiger charge is 2.20. The lowest BCUT2D eigenvalue weighted by Gasteiger charge is -2.25. The minimum absolute atomic E-state index is 0.0399. The molecule has 0 fully saturated rings. The molecule has 7 heteroatoms. The van der Waals surface area contributed by atoms with Gasteiger partial charge in [0.1, 0.15) is 5.78 Å². The predicted molar refractivity (Wildman–Crippen MR) is 81.1 cm³/mol. The molecule has 0 atom stereocenters. The highest BCUT2D eigenvalue weighted by atomic mass is 32.1. The summed E-state index contributed by atoms with van der Waals surface area (Å²) in [6.45, 7) is 4.64. The van der Waals surface area contributed by atoms with E-state index in [1.165, 1.54) is 16.2 Å². The molecule has 0 saturated heterocycles. The molecule has 4 N–H and O–H groups in total. The van der Waals surface area contributed by atoms with Gasteiger partial charge in [-0.25, -0.2) is 4.98 Å². The molecule has 0 radical (unpaired) electrons. The van der Waals surface area contributed by atoms with E-state index in [1.54, 1.807) is 0 Å². The van der Waals surface area contributed by atoms with Gasteiger partial charge in [-0.15, -0.1) is 0 Å². The van der Waals surface area contributed by atoms with Gasteiger partial charge in [-0.3, -0.25) is 9.69 Å². The molecular weight excluding hydrogens is 274 g/mol. The number of thiazole rings is 1. The fourth-order valence-corrected chi connectivity index (χ4v) is 3.31. The molecule has 0 unspecified atom stereocenters. The monoisotopic (exact) mass is 295 g/mol. The molecule has 110 valence electrons. The van der Waals surface area contributed by atoms with E-state index < -0.39 is 0 Å². The Labute approximate surface area is 122 Å². The fourth-order valence-electron chi connectivity index (χ4n) is 2.27. The molecule has 20 heavy (non-hydrogen) atoms. The summed E-state index contributed by atoms with van der Waals surface area (Å²) in [5, 5.41) is 0.624. The zero-order valence-electron chi connectivity index (χ0n) is 11.8. The Bertz CT molecular complexity index is 507. The predicted octanol–water partition coefficient (Wildman–Crippen LogP) is 1.17. The second kappa shape index (κ2) is 6.81. The number of aliphatic imine (C=N–C) groups is 1. The molecule has 0 amide bonds. The van der Waals surface area contributed by atoms with Crippen molar-refractivity contribution < 1.29 is 4.79 Å². The van der Waals surface area contributed by atoms with E-state index in [4.69, 9.17) is 11.5 Å².